The smallest absolute Gasteiger partial charge is 0.328 e. The van der Waals surface area contributed by atoms with E-state index < -0.39 is 35.9 Å². The molecule has 9 heteroatoms. The quantitative estimate of drug-likeness (QED) is 0.477. The standard InChI is InChI=1S/C11H18N4O5/c1-5(2)8(14-11(12)20)9(17)15-4-7(16)13-3-6(15)10(18)19/h5-6,8H,3-4H2,1-2H3,(H,13,16)(H,18,19)(H3,12,14,20). The lowest BCUT2D eigenvalue weighted by Gasteiger charge is -2.36. The van der Waals surface area contributed by atoms with Crippen LogP contribution in [0, 0.1) is 5.92 Å². The fourth-order valence-electron chi connectivity index (χ4n) is 1.94. The highest BCUT2D eigenvalue weighted by atomic mass is 16.4. The molecule has 4 amide bonds. The lowest BCUT2D eigenvalue weighted by molar-refractivity contribution is -0.155. The summed E-state index contributed by atoms with van der Waals surface area (Å²) in [5, 5.41) is 13.7. The number of urea groups is 1. The molecule has 0 aliphatic carbocycles. The van der Waals surface area contributed by atoms with E-state index in [9.17, 15) is 19.2 Å². The average Bonchev–Trinajstić information content (AvgIpc) is 2.34. The Morgan fingerprint density at radius 3 is 2.50 bits per heavy atom. The van der Waals surface area contributed by atoms with Gasteiger partial charge in [-0.05, 0) is 5.92 Å². The lowest BCUT2D eigenvalue weighted by atomic mass is 10.0. The molecular weight excluding hydrogens is 268 g/mol. The fourth-order valence-corrected chi connectivity index (χ4v) is 1.94. The molecule has 5 N–H and O–H groups in total. The molecule has 0 saturated carbocycles. The molecule has 20 heavy (non-hydrogen) atoms. The Labute approximate surface area is 115 Å². The molecule has 0 aromatic heterocycles. The van der Waals surface area contributed by atoms with E-state index in [0.717, 1.165) is 4.90 Å². The Hall–Kier alpha value is -2.32. The SMILES string of the molecule is CC(C)C(NC(N)=O)C(=O)N1CC(=O)NCC1C(=O)O. The fraction of sp³-hybridized carbons (Fsp3) is 0.636. The number of aliphatic carboxylic acids is 1. The summed E-state index contributed by atoms with van der Waals surface area (Å²) in [4.78, 5) is 46.7. The molecule has 9 nitrogen and oxygen atoms in total. The minimum atomic E-state index is -1.22. The van der Waals surface area contributed by atoms with Crippen molar-refractivity contribution in [3.05, 3.63) is 0 Å². The molecule has 0 spiro atoms. The molecular formula is C11H18N4O5. The number of carboxylic acid groups (broad SMARTS) is 1. The Kier molecular flexibility index (Phi) is 4.89. The van der Waals surface area contributed by atoms with E-state index in [4.69, 9.17) is 10.8 Å². The van der Waals surface area contributed by atoms with Crippen LogP contribution in [0.4, 0.5) is 4.79 Å². The second-order valence-electron chi connectivity index (χ2n) is 4.85. The van der Waals surface area contributed by atoms with Crippen molar-refractivity contribution in [1.82, 2.24) is 15.5 Å². The number of nitrogens with one attached hydrogen (secondary N) is 2. The van der Waals surface area contributed by atoms with Gasteiger partial charge in [0, 0.05) is 6.54 Å². The molecule has 1 aliphatic rings. The van der Waals surface area contributed by atoms with E-state index in [1.165, 1.54) is 0 Å². The van der Waals surface area contributed by atoms with Gasteiger partial charge in [0.25, 0.3) is 0 Å². The average molecular weight is 286 g/mol. The third-order valence-electron chi connectivity index (χ3n) is 2.98. The number of carbonyl (C=O) groups excluding carboxylic acids is 3. The van der Waals surface area contributed by atoms with Crippen LogP contribution in [0.5, 0.6) is 0 Å². The summed E-state index contributed by atoms with van der Waals surface area (Å²) in [5.41, 5.74) is 5.00. The maximum atomic E-state index is 12.3. The zero-order chi connectivity index (χ0) is 15.4. The molecule has 0 aromatic carbocycles. The monoisotopic (exact) mass is 286 g/mol. The highest BCUT2D eigenvalue weighted by Crippen LogP contribution is 2.12. The maximum absolute atomic E-state index is 12.3. The van der Waals surface area contributed by atoms with Gasteiger partial charge in [-0.25, -0.2) is 9.59 Å². The summed E-state index contributed by atoms with van der Waals surface area (Å²) >= 11 is 0. The predicted octanol–water partition coefficient (Wildman–Crippen LogP) is -1.91. The van der Waals surface area contributed by atoms with E-state index in [2.05, 4.69) is 10.6 Å². The number of nitrogens with two attached hydrogens (primary N) is 1. The topological polar surface area (TPSA) is 142 Å². The summed E-state index contributed by atoms with van der Waals surface area (Å²) in [7, 11) is 0. The van der Waals surface area contributed by atoms with Gasteiger partial charge >= 0.3 is 12.0 Å². The second kappa shape index (κ2) is 6.22. The number of carbonyl (C=O) groups is 4. The molecule has 1 fully saturated rings. The Balaban J connectivity index is 2.96. The van der Waals surface area contributed by atoms with Crippen LogP contribution in [0.1, 0.15) is 13.8 Å². The molecule has 2 atom stereocenters. The van der Waals surface area contributed by atoms with Crippen LogP contribution in [0.25, 0.3) is 0 Å². The second-order valence-corrected chi connectivity index (χ2v) is 4.85. The third kappa shape index (κ3) is 3.59. The number of rotatable bonds is 4. The maximum Gasteiger partial charge on any atom is 0.328 e. The Morgan fingerprint density at radius 2 is 2.05 bits per heavy atom. The first-order valence-electron chi connectivity index (χ1n) is 6.10. The summed E-state index contributed by atoms with van der Waals surface area (Å²) in [6, 6.07) is -3.01. The highest BCUT2D eigenvalue weighted by molar-refractivity contribution is 5.94. The molecule has 1 saturated heterocycles. The largest absolute Gasteiger partial charge is 0.480 e. The molecule has 0 bridgehead atoms. The van der Waals surface area contributed by atoms with E-state index in [1.54, 1.807) is 13.8 Å². The van der Waals surface area contributed by atoms with Gasteiger partial charge in [0.2, 0.25) is 11.8 Å². The van der Waals surface area contributed by atoms with Gasteiger partial charge in [-0.15, -0.1) is 0 Å². The van der Waals surface area contributed by atoms with Gasteiger partial charge in [-0.2, -0.15) is 0 Å². The first kappa shape index (κ1) is 15.7. The van der Waals surface area contributed by atoms with Crippen molar-refractivity contribution in [3.63, 3.8) is 0 Å². The molecule has 2 unspecified atom stereocenters. The first-order chi connectivity index (χ1) is 9.23. The summed E-state index contributed by atoms with van der Waals surface area (Å²) in [6.07, 6.45) is 0. The Morgan fingerprint density at radius 1 is 1.45 bits per heavy atom. The number of hydrogen-bond acceptors (Lipinski definition) is 4. The van der Waals surface area contributed by atoms with E-state index in [1.807, 2.05) is 0 Å². The normalized spacial score (nSPS) is 20.2. The molecule has 1 rings (SSSR count). The van der Waals surface area contributed by atoms with Crippen molar-refractivity contribution in [2.45, 2.75) is 25.9 Å². The van der Waals surface area contributed by atoms with Crippen molar-refractivity contribution in [1.29, 1.82) is 0 Å². The van der Waals surface area contributed by atoms with Crippen molar-refractivity contribution in [3.8, 4) is 0 Å². The van der Waals surface area contributed by atoms with Crippen LogP contribution in [0.3, 0.4) is 0 Å². The van der Waals surface area contributed by atoms with Gasteiger partial charge in [0.05, 0.1) is 0 Å². The minimum Gasteiger partial charge on any atom is -0.480 e. The molecule has 1 heterocycles. The predicted molar refractivity (Wildman–Crippen MR) is 67.5 cm³/mol. The van der Waals surface area contributed by atoms with Crippen LogP contribution >= 0.6 is 0 Å². The van der Waals surface area contributed by atoms with Gasteiger partial charge in [-0.1, -0.05) is 13.8 Å². The van der Waals surface area contributed by atoms with Gasteiger partial charge in [0.1, 0.15) is 18.6 Å². The number of amides is 4. The summed E-state index contributed by atoms with van der Waals surface area (Å²) < 4.78 is 0. The number of nitrogens with zero attached hydrogens (tertiary/aromatic N) is 1. The molecule has 112 valence electrons. The van der Waals surface area contributed by atoms with Crippen molar-refractivity contribution in [2.75, 3.05) is 13.1 Å². The van der Waals surface area contributed by atoms with Crippen LogP contribution < -0.4 is 16.4 Å². The molecule has 0 aromatic rings. The van der Waals surface area contributed by atoms with Gasteiger partial charge < -0.3 is 26.4 Å². The van der Waals surface area contributed by atoms with Crippen molar-refractivity contribution in [2.24, 2.45) is 11.7 Å². The highest BCUT2D eigenvalue weighted by Gasteiger charge is 2.39. The van der Waals surface area contributed by atoms with Crippen molar-refractivity contribution >= 4 is 23.8 Å². The molecule has 1 aliphatic heterocycles. The van der Waals surface area contributed by atoms with E-state index in [-0.39, 0.29) is 19.0 Å². The minimum absolute atomic E-state index is 0.165. The lowest BCUT2D eigenvalue weighted by Crippen LogP contribution is -2.63. The zero-order valence-corrected chi connectivity index (χ0v) is 11.3. The number of primary amides is 1. The molecule has 0 radical (unpaired) electrons. The van der Waals surface area contributed by atoms with Crippen LogP contribution in [-0.4, -0.2) is 59.0 Å². The van der Waals surface area contributed by atoms with Crippen LogP contribution in [-0.2, 0) is 14.4 Å². The number of piperazine rings is 1. The van der Waals surface area contributed by atoms with Gasteiger partial charge in [0.15, 0.2) is 0 Å². The first-order valence-corrected chi connectivity index (χ1v) is 6.10. The zero-order valence-electron chi connectivity index (χ0n) is 11.3. The number of carboxylic acids is 1. The summed E-state index contributed by atoms with van der Waals surface area (Å²) in [5.74, 6) is -2.60. The van der Waals surface area contributed by atoms with E-state index in [0.29, 0.717) is 0 Å². The van der Waals surface area contributed by atoms with Crippen molar-refractivity contribution < 1.29 is 24.3 Å². The van der Waals surface area contributed by atoms with E-state index >= 15 is 0 Å². The summed E-state index contributed by atoms with van der Waals surface area (Å²) in [6.45, 7) is 2.83. The Bertz CT molecular complexity index is 437. The number of hydrogen-bond donors (Lipinski definition) is 4. The third-order valence-corrected chi connectivity index (χ3v) is 2.98. The van der Waals surface area contributed by atoms with Crippen LogP contribution in [0.2, 0.25) is 0 Å². The van der Waals surface area contributed by atoms with Gasteiger partial charge in [-0.3, -0.25) is 9.59 Å². The van der Waals surface area contributed by atoms with Crippen LogP contribution in [0.15, 0.2) is 0 Å².